The Balaban J connectivity index is 1.41. The number of rotatable bonds is 8. The topological polar surface area (TPSA) is 68.3 Å². The number of benzene rings is 1. The minimum Gasteiger partial charge on any atom is -0.467 e. The van der Waals surface area contributed by atoms with Crippen molar-refractivity contribution in [3.05, 3.63) is 80.8 Å². The zero-order valence-electron chi connectivity index (χ0n) is 18.5. The molecule has 0 saturated carbocycles. The first-order valence-corrected chi connectivity index (χ1v) is 12.9. The number of furan rings is 1. The van der Waals surface area contributed by atoms with Crippen LogP contribution in [0.3, 0.4) is 0 Å². The largest absolute Gasteiger partial charge is 0.467 e. The minimum atomic E-state index is -0.0333. The number of amides is 1. The van der Waals surface area contributed by atoms with Crippen LogP contribution in [0, 0.1) is 0 Å². The third-order valence-electron chi connectivity index (χ3n) is 5.98. The first-order valence-electron chi connectivity index (χ1n) is 11.1. The second-order valence-electron chi connectivity index (χ2n) is 8.24. The highest BCUT2D eigenvalue weighted by molar-refractivity contribution is 7.99. The summed E-state index contributed by atoms with van der Waals surface area (Å²) in [7, 11) is 1.76. The van der Waals surface area contributed by atoms with E-state index in [-0.39, 0.29) is 17.2 Å². The Morgan fingerprint density at radius 3 is 2.85 bits per heavy atom. The van der Waals surface area contributed by atoms with E-state index in [0.717, 1.165) is 41.7 Å². The molecule has 6 nitrogen and oxygen atoms in total. The smallest absolute Gasteiger partial charge is 0.263 e. The first-order chi connectivity index (χ1) is 16.1. The van der Waals surface area contributed by atoms with Crippen LogP contribution < -0.4 is 5.56 Å². The van der Waals surface area contributed by atoms with Crippen LogP contribution in [0.2, 0.25) is 0 Å². The van der Waals surface area contributed by atoms with Gasteiger partial charge in [-0.05, 0) is 48.9 Å². The van der Waals surface area contributed by atoms with Gasteiger partial charge in [0.1, 0.15) is 10.6 Å². The van der Waals surface area contributed by atoms with Gasteiger partial charge in [0.25, 0.3) is 5.56 Å². The lowest BCUT2D eigenvalue weighted by atomic mass is 10.1. The summed E-state index contributed by atoms with van der Waals surface area (Å²) in [6.07, 6.45) is 5.42. The third-order valence-corrected chi connectivity index (χ3v) is 8.13. The maximum Gasteiger partial charge on any atom is 0.263 e. The number of hydrogen-bond donors (Lipinski definition) is 0. The molecule has 4 aromatic rings. The number of fused-ring (bicyclic) bond motifs is 3. The predicted molar refractivity (Wildman–Crippen MR) is 132 cm³/mol. The Hall–Kier alpha value is -2.84. The molecule has 1 aliphatic rings. The number of nitrogens with zero attached hydrogens (tertiary/aromatic N) is 3. The molecule has 5 rings (SSSR count). The van der Waals surface area contributed by atoms with E-state index in [1.54, 1.807) is 34.1 Å². The highest BCUT2D eigenvalue weighted by Crippen LogP contribution is 2.35. The second kappa shape index (κ2) is 9.57. The molecule has 0 saturated heterocycles. The molecule has 0 spiro atoms. The summed E-state index contributed by atoms with van der Waals surface area (Å²) in [5, 5.41) is 1.40. The van der Waals surface area contributed by atoms with Gasteiger partial charge in [0, 0.05) is 18.5 Å². The van der Waals surface area contributed by atoms with E-state index < -0.39 is 0 Å². The van der Waals surface area contributed by atoms with Crippen LogP contribution in [-0.4, -0.2) is 33.2 Å². The first kappa shape index (κ1) is 22.0. The quantitative estimate of drug-likeness (QED) is 0.274. The molecule has 0 unspecified atom stereocenters. The summed E-state index contributed by atoms with van der Waals surface area (Å²) in [5.41, 5.74) is 2.38. The molecule has 1 amide bonds. The molecule has 1 aromatic carbocycles. The molecular weight excluding hydrogens is 454 g/mol. The van der Waals surface area contributed by atoms with Gasteiger partial charge >= 0.3 is 0 Å². The Kier molecular flexibility index (Phi) is 6.37. The summed E-state index contributed by atoms with van der Waals surface area (Å²) in [4.78, 5) is 34.9. The van der Waals surface area contributed by atoms with Crippen LogP contribution in [0.4, 0.5) is 0 Å². The maximum absolute atomic E-state index is 13.6. The molecule has 170 valence electrons. The molecule has 0 atom stereocenters. The van der Waals surface area contributed by atoms with Gasteiger partial charge in [0.15, 0.2) is 5.16 Å². The van der Waals surface area contributed by atoms with Crippen LogP contribution >= 0.6 is 23.1 Å². The van der Waals surface area contributed by atoms with Gasteiger partial charge in [-0.1, -0.05) is 42.1 Å². The fraction of sp³-hybridized carbons (Fsp3) is 0.320. The SMILES string of the molecule is CN(Cc1ccco1)C(=O)CSc1nc2sc3c(c2c(=O)n1CCc1ccccc1)CCC3. The molecule has 0 fully saturated rings. The number of thioether (sulfide) groups is 1. The monoisotopic (exact) mass is 479 g/mol. The van der Waals surface area contributed by atoms with Crippen LogP contribution in [0.25, 0.3) is 10.2 Å². The van der Waals surface area contributed by atoms with Gasteiger partial charge in [-0.25, -0.2) is 4.98 Å². The van der Waals surface area contributed by atoms with Crippen LogP contribution in [0.5, 0.6) is 0 Å². The molecule has 3 aromatic heterocycles. The lowest BCUT2D eigenvalue weighted by molar-refractivity contribution is -0.127. The van der Waals surface area contributed by atoms with Crippen molar-refractivity contribution in [3.8, 4) is 0 Å². The van der Waals surface area contributed by atoms with E-state index in [0.29, 0.717) is 18.2 Å². The van der Waals surface area contributed by atoms with Gasteiger partial charge in [0.2, 0.25) is 5.91 Å². The van der Waals surface area contributed by atoms with Crippen molar-refractivity contribution in [2.24, 2.45) is 0 Å². The molecule has 0 bridgehead atoms. The zero-order chi connectivity index (χ0) is 22.8. The van der Waals surface area contributed by atoms with Gasteiger partial charge in [-0.2, -0.15) is 0 Å². The fourth-order valence-electron chi connectivity index (χ4n) is 4.21. The highest BCUT2D eigenvalue weighted by Gasteiger charge is 2.24. The number of thiophene rings is 1. The molecule has 3 heterocycles. The van der Waals surface area contributed by atoms with E-state index in [9.17, 15) is 9.59 Å². The summed E-state index contributed by atoms with van der Waals surface area (Å²) in [6.45, 7) is 0.951. The molecule has 8 heteroatoms. The van der Waals surface area contributed by atoms with E-state index >= 15 is 0 Å². The predicted octanol–water partition coefficient (Wildman–Crippen LogP) is 4.53. The maximum atomic E-state index is 13.6. The molecule has 0 aliphatic heterocycles. The normalized spacial score (nSPS) is 12.9. The van der Waals surface area contributed by atoms with Gasteiger partial charge in [-0.15, -0.1) is 11.3 Å². The Labute approximate surface area is 200 Å². The summed E-state index contributed by atoms with van der Waals surface area (Å²) < 4.78 is 7.12. The lowest BCUT2D eigenvalue weighted by Crippen LogP contribution is -2.29. The highest BCUT2D eigenvalue weighted by atomic mass is 32.2. The molecular formula is C25H25N3O3S2. The van der Waals surface area contributed by atoms with E-state index in [2.05, 4.69) is 12.1 Å². The lowest BCUT2D eigenvalue weighted by Gasteiger charge is -2.16. The summed E-state index contributed by atoms with van der Waals surface area (Å²) in [6, 6.07) is 13.8. The van der Waals surface area contributed by atoms with Crippen LogP contribution in [0.15, 0.2) is 63.1 Å². The molecule has 1 aliphatic carbocycles. The van der Waals surface area contributed by atoms with Crippen LogP contribution in [-0.2, 0) is 37.1 Å². The van der Waals surface area contributed by atoms with E-state index in [1.165, 1.54) is 27.8 Å². The van der Waals surface area contributed by atoms with Crippen molar-refractivity contribution < 1.29 is 9.21 Å². The number of carbonyl (C=O) groups excluding carboxylic acids is 1. The van der Waals surface area contributed by atoms with Crippen molar-refractivity contribution in [2.45, 2.75) is 43.9 Å². The zero-order valence-corrected chi connectivity index (χ0v) is 20.1. The number of aryl methyl sites for hydroxylation is 3. The Morgan fingerprint density at radius 2 is 2.06 bits per heavy atom. The number of aromatic nitrogens is 2. The van der Waals surface area contributed by atoms with Gasteiger partial charge in [-0.3, -0.25) is 14.2 Å². The second-order valence-corrected chi connectivity index (χ2v) is 10.3. The molecule has 0 N–H and O–H groups in total. The average Bonchev–Trinajstić information content (AvgIpc) is 3.55. The summed E-state index contributed by atoms with van der Waals surface area (Å²) in [5.74, 6) is 0.920. The van der Waals surface area contributed by atoms with Crippen molar-refractivity contribution in [1.29, 1.82) is 0 Å². The number of hydrogen-bond acceptors (Lipinski definition) is 6. The van der Waals surface area contributed by atoms with E-state index in [1.807, 2.05) is 30.3 Å². The standard InChI is InChI=1S/C25H25N3O3S2/c1-27(15-18-9-6-14-31-18)21(29)16-32-25-26-23-22(19-10-5-11-20(19)33-23)24(30)28(25)13-12-17-7-3-2-4-8-17/h2-4,6-9,14H,5,10-13,15-16H2,1H3. The molecule has 0 radical (unpaired) electrons. The Morgan fingerprint density at radius 1 is 1.21 bits per heavy atom. The van der Waals surface area contributed by atoms with E-state index in [4.69, 9.17) is 9.40 Å². The van der Waals surface area contributed by atoms with Crippen molar-refractivity contribution in [3.63, 3.8) is 0 Å². The third kappa shape index (κ3) is 4.63. The van der Waals surface area contributed by atoms with Gasteiger partial charge < -0.3 is 9.32 Å². The van der Waals surface area contributed by atoms with Crippen molar-refractivity contribution in [2.75, 3.05) is 12.8 Å². The summed E-state index contributed by atoms with van der Waals surface area (Å²) >= 11 is 2.97. The average molecular weight is 480 g/mol. The van der Waals surface area contributed by atoms with Gasteiger partial charge in [0.05, 0.1) is 23.9 Å². The van der Waals surface area contributed by atoms with Crippen molar-refractivity contribution in [1.82, 2.24) is 14.5 Å². The fourth-order valence-corrected chi connectivity index (χ4v) is 6.48. The van der Waals surface area contributed by atoms with Crippen LogP contribution in [0.1, 0.15) is 28.2 Å². The minimum absolute atomic E-state index is 0.0224. The van der Waals surface area contributed by atoms with Crippen molar-refractivity contribution >= 4 is 39.2 Å². The number of carbonyl (C=O) groups is 1. The Bertz CT molecular complexity index is 1330. The molecule has 33 heavy (non-hydrogen) atoms.